The molecular weight excluding hydrogens is 322 g/mol. The lowest BCUT2D eigenvalue weighted by atomic mass is 9.92. The Morgan fingerprint density at radius 2 is 1.42 bits per heavy atom. The van der Waals surface area contributed by atoms with Crippen molar-refractivity contribution in [2.45, 2.75) is 0 Å². The minimum absolute atomic E-state index is 0.0166. The van der Waals surface area contributed by atoms with Gasteiger partial charge in [0.05, 0.1) is 10.5 Å². The maximum absolute atomic E-state index is 11.5. The highest BCUT2D eigenvalue weighted by molar-refractivity contribution is 6.31. The van der Waals surface area contributed by atoms with Crippen LogP contribution in [-0.4, -0.2) is 4.92 Å². The molecule has 116 valence electrons. The van der Waals surface area contributed by atoms with Crippen molar-refractivity contribution < 1.29 is 4.92 Å². The number of nitro benzene ring substituents is 1. The summed E-state index contributed by atoms with van der Waals surface area (Å²) >= 11 is 5.96. The van der Waals surface area contributed by atoms with Gasteiger partial charge in [0, 0.05) is 11.1 Å². The molecule has 0 saturated carbocycles. The fourth-order valence-corrected chi connectivity index (χ4v) is 3.33. The number of nitrogens with zero attached hydrogens (tertiary/aromatic N) is 1. The van der Waals surface area contributed by atoms with Crippen molar-refractivity contribution in [1.82, 2.24) is 0 Å². The summed E-state index contributed by atoms with van der Waals surface area (Å²) < 4.78 is 0. The van der Waals surface area contributed by atoms with Gasteiger partial charge in [-0.25, -0.2) is 0 Å². The van der Waals surface area contributed by atoms with Crippen molar-refractivity contribution in [1.29, 1.82) is 0 Å². The van der Waals surface area contributed by atoms with E-state index in [2.05, 4.69) is 6.07 Å². The van der Waals surface area contributed by atoms with Gasteiger partial charge in [-0.3, -0.25) is 10.1 Å². The lowest BCUT2D eigenvalue weighted by Gasteiger charge is -2.11. The van der Waals surface area contributed by atoms with E-state index >= 15 is 0 Å². The van der Waals surface area contributed by atoms with Crippen molar-refractivity contribution in [3.8, 4) is 11.1 Å². The molecule has 4 aromatic carbocycles. The number of hydrogen-bond donors (Lipinski definition) is 0. The zero-order valence-electron chi connectivity index (χ0n) is 12.6. The summed E-state index contributed by atoms with van der Waals surface area (Å²) in [7, 11) is 0. The lowest BCUT2D eigenvalue weighted by molar-refractivity contribution is -0.384. The fraction of sp³-hybridized carbons (Fsp3) is 0. The highest BCUT2D eigenvalue weighted by Gasteiger charge is 2.18. The van der Waals surface area contributed by atoms with Crippen LogP contribution >= 0.6 is 11.6 Å². The highest BCUT2D eigenvalue weighted by atomic mass is 35.5. The highest BCUT2D eigenvalue weighted by Crippen LogP contribution is 2.39. The second-order valence-electron chi connectivity index (χ2n) is 5.61. The van der Waals surface area contributed by atoms with Gasteiger partial charge in [0.1, 0.15) is 0 Å². The first-order chi connectivity index (χ1) is 11.6. The third kappa shape index (κ3) is 2.30. The quantitative estimate of drug-likeness (QED) is 0.248. The largest absolute Gasteiger partial charge is 0.278 e. The van der Waals surface area contributed by atoms with Crippen LogP contribution in [0.4, 0.5) is 5.69 Å². The van der Waals surface area contributed by atoms with Crippen LogP contribution < -0.4 is 0 Å². The Kier molecular flexibility index (Phi) is 3.44. The summed E-state index contributed by atoms with van der Waals surface area (Å²) in [5, 5.41) is 16.1. The third-order valence-corrected chi connectivity index (χ3v) is 4.45. The van der Waals surface area contributed by atoms with E-state index in [9.17, 15) is 10.1 Å². The molecule has 0 atom stereocenters. The zero-order valence-corrected chi connectivity index (χ0v) is 13.3. The van der Waals surface area contributed by atoms with E-state index in [4.69, 9.17) is 11.6 Å². The molecule has 0 aliphatic rings. The van der Waals surface area contributed by atoms with Gasteiger partial charge in [-0.1, -0.05) is 60.1 Å². The van der Waals surface area contributed by atoms with Crippen LogP contribution in [0.3, 0.4) is 0 Å². The van der Waals surface area contributed by atoms with Crippen molar-refractivity contribution in [2.24, 2.45) is 0 Å². The maximum atomic E-state index is 11.5. The summed E-state index contributed by atoms with van der Waals surface area (Å²) in [5.41, 5.74) is 1.43. The first-order valence-corrected chi connectivity index (χ1v) is 7.88. The molecule has 4 heteroatoms. The minimum atomic E-state index is -0.384. The minimum Gasteiger partial charge on any atom is -0.258 e. The molecule has 0 saturated heterocycles. The normalized spacial score (nSPS) is 11.0. The van der Waals surface area contributed by atoms with Gasteiger partial charge in [-0.15, -0.1) is 0 Å². The van der Waals surface area contributed by atoms with Gasteiger partial charge in [0.15, 0.2) is 0 Å². The molecule has 3 nitrogen and oxygen atoms in total. The smallest absolute Gasteiger partial charge is 0.258 e. The molecule has 0 fully saturated rings. The van der Waals surface area contributed by atoms with E-state index in [1.54, 1.807) is 12.1 Å². The van der Waals surface area contributed by atoms with E-state index in [1.165, 1.54) is 6.07 Å². The molecular formula is C20H12ClNO2. The molecule has 4 aromatic rings. The SMILES string of the molecule is O=[N+]([O-])c1cc(Cl)ccc1-c1cc2ccccc2c2ccccc12. The Bertz CT molecular complexity index is 1110. The van der Waals surface area contributed by atoms with Crippen LogP contribution in [0.5, 0.6) is 0 Å². The van der Waals surface area contributed by atoms with Crippen LogP contribution in [-0.2, 0) is 0 Å². The van der Waals surface area contributed by atoms with Gasteiger partial charge in [-0.05, 0) is 45.3 Å². The maximum Gasteiger partial charge on any atom is 0.278 e. The van der Waals surface area contributed by atoms with E-state index < -0.39 is 0 Å². The van der Waals surface area contributed by atoms with E-state index in [0.29, 0.717) is 10.6 Å². The number of halogens is 1. The van der Waals surface area contributed by atoms with Gasteiger partial charge in [-0.2, -0.15) is 0 Å². The summed E-state index contributed by atoms with van der Waals surface area (Å²) in [4.78, 5) is 11.1. The van der Waals surface area contributed by atoms with Crippen LogP contribution in [0.1, 0.15) is 0 Å². The molecule has 0 N–H and O–H groups in total. The number of hydrogen-bond acceptors (Lipinski definition) is 2. The monoisotopic (exact) mass is 333 g/mol. The number of fused-ring (bicyclic) bond motifs is 3. The summed E-state index contributed by atoms with van der Waals surface area (Å²) in [5.74, 6) is 0. The molecule has 0 unspecified atom stereocenters. The molecule has 4 rings (SSSR count). The molecule has 0 amide bonds. The van der Waals surface area contributed by atoms with Crippen molar-refractivity contribution >= 4 is 38.8 Å². The number of rotatable bonds is 2. The molecule has 0 bridgehead atoms. The molecule has 0 radical (unpaired) electrons. The molecule has 0 aliphatic heterocycles. The molecule has 0 spiro atoms. The number of nitro groups is 1. The van der Waals surface area contributed by atoms with E-state index in [-0.39, 0.29) is 10.6 Å². The Labute approximate surface area is 143 Å². The molecule has 0 aromatic heterocycles. The topological polar surface area (TPSA) is 43.1 Å². The Balaban J connectivity index is 2.16. The first-order valence-electron chi connectivity index (χ1n) is 7.50. The first kappa shape index (κ1) is 14.7. The number of benzene rings is 4. The van der Waals surface area contributed by atoms with Crippen LogP contribution in [0.25, 0.3) is 32.7 Å². The summed E-state index contributed by atoms with van der Waals surface area (Å²) in [6.07, 6.45) is 0. The predicted molar refractivity (Wildman–Crippen MR) is 98.6 cm³/mol. The standard InChI is InChI=1S/C20H12ClNO2/c21-14-9-10-18(20(12-14)22(23)24)19-11-13-5-1-2-6-15(13)16-7-3-4-8-17(16)19/h1-12H. The molecule has 0 heterocycles. The van der Waals surface area contributed by atoms with Gasteiger partial charge >= 0.3 is 0 Å². The van der Waals surface area contributed by atoms with Gasteiger partial charge in [0.25, 0.3) is 5.69 Å². The summed E-state index contributed by atoms with van der Waals surface area (Å²) in [6, 6.07) is 22.8. The van der Waals surface area contributed by atoms with Crippen LogP contribution in [0, 0.1) is 10.1 Å². The van der Waals surface area contributed by atoms with Crippen molar-refractivity contribution in [2.75, 3.05) is 0 Å². The predicted octanol–water partition coefficient (Wildman–Crippen LogP) is 6.22. The summed E-state index contributed by atoms with van der Waals surface area (Å²) in [6.45, 7) is 0. The lowest BCUT2D eigenvalue weighted by Crippen LogP contribution is -1.93. The van der Waals surface area contributed by atoms with Crippen LogP contribution in [0.15, 0.2) is 72.8 Å². The van der Waals surface area contributed by atoms with Gasteiger partial charge < -0.3 is 0 Å². The van der Waals surface area contributed by atoms with Crippen LogP contribution in [0.2, 0.25) is 5.02 Å². The Morgan fingerprint density at radius 3 is 2.17 bits per heavy atom. The zero-order chi connectivity index (χ0) is 16.7. The van der Waals surface area contributed by atoms with Gasteiger partial charge in [0.2, 0.25) is 0 Å². The average molecular weight is 334 g/mol. The Hall–Kier alpha value is -2.91. The Morgan fingerprint density at radius 1 is 0.750 bits per heavy atom. The second-order valence-corrected chi connectivity index (χ2v) is 6.05. The van der Waals surface area contributed by atoms with Crippen molar-refractivity contribution in [3.63, 3.8) is 0 Å². The third-order valence-electron chi connectivity index (χ3n) is 4.21. The average Bonchev–Trinajstić information content (AvgIpc) is 2.61. The van der Waals surface area contributed by atoms with E-state index in [1.807, 2.05) is 48.5 Å². The molecule has 24 heavy (non-hydrogen) atoms. The van der Waals surface area contributed by atoms with Crippen molar-refractivity contribution in [3.05, 3.63) is 87.9 Å². The molecule has 0 aliphatic carbocycles. The fourth-order valence-electron chi connectivity index (χ4n) is 3.16. The second kappa shape index (κ2) is 5.62. The van der Waals surface area contributed by atoms with E-state index in [0.717, 1.165) is 27.1 Å².